The second-order valence-electron chi connectivity index (χ2n) is 14.0. The molecule has 0 fully saturated rings. The fourth-order valence-corrected chi connectivity index (χ4v) is 12.7. The minimum atomic E-state index is -2.48. The van der Waals surface area contributed by atoms with Crippen molar-refractivity contribution in [1.29, 1.82) is 0 Å². The van der Waals surface area contributed by atoms with Crippen molar-refractivity contribution >= 4 is 36.0 Å². The fraction of sp³-hybridized carbons (Fsp3) is 0.359. The largest absolute Gasteiger partial charge is 0.541 e. The van der Waals surface area contributed by atoms with Crippen LogP contribution in [-0.4, -0.2) is 40.3 Å². The smallest absolute Gasteiger partial charge is 0.315 e. The number of pyridine rings is 1. The van der Waals surface area contributed by atoms with Gasteiger partial charge in [0.15, 0.2) is 0 Å². The van der Waals surface area contributed by atoms with Crippen molar-refractivity contribution in [3.8, 4) is 17.4 Å². The number of hydrogen-bond donors (Lipinski definition) is 2. The van der Waals surface area contributed by atoms with Crippen LogP contribution >= 0.6 is 0 Å². The minimum Gasteiger partial charge on any atom is -0.541 e. The first-order chi connectivity index (χ1) is 23.9. The number of fused-ring (bicyclic) bond motifs is 2. The number of ether oxygens (including phenoxy) is 1. The van der Waals surface area contributed by atoms with Crippen LogP contribution < -0.4 is 14.5 Å². The Morgan fingerprint density at radius 1 is 0.880 bits per heavy atom. The number of rotatable bonds is 13. The van der Waals surface area contributed by atoms with Crippen LogP contribution in [0.15, 0.2) is 71.4 Å². The quantitative estimate of drug-likeness (QED) is 0.115. The summed E-state index contributed by atoms with van der Waals surface area (Å²) in [6.45, 7) is 14.0. The maximum atomic E-state index is 13.7. The zero-order valence-corrected chi connectivity index (χ0v) is 31.0. The summed E-state index contributed by atoms with van der Waals surface area (Å²) in [5, 5.41) is 25.8. The lowest BCUT2D eigenvalue weighted by Crippen LogP contribution is -2.50. The van der Waals surface area contributed by atoms with E-state index >= 15 is 0 Å². The Bertz CT molecular complexity index is 2080. The van der Waals surface area contributed by atoms with Gasteiger partial charge in [0.2, 0.25) is 11.8 Å². The second kappa shape index (κ2) is 14.1. The number of halogens is 1. The van der Waals surface area contributed by atoms with Gasteiger partial charge in [0.05, 0.1) is 18.9 Å². The average Bonchev–Trinajstić information content (AvgIpc) is 3.67. The predicted octanol–water partition coefficient (Wildman–Crippen LogP) is 9.31. The average molecular weight is 696 g/mol. The molecule has 2 N–H and O–H groups in total. The maximum absolute atomic E-state index is 13.7. The normalized spacial score (nSPS) is 12.2. The molecule has 0 aliphatic heterocycles. The van der Waals surface area contributed by atoms with E-state index in [0.29, 0.717) is 64.6 Å². The van der Waals surface area contributed by atoms with Crippen molar-refractivity contribution in [3.63, 3.8) is 0 Å². The molecular formula is C39H46FN5O4Si. The number of nitrogens with one attached hydrogen (secondary N) is 1. The van der Waals surface area contributed by atoms with Crippen LogP contribution in [0.5, 0.6) is 17.4 Å². The molecule has 0 atom stereocenters. The number of methoxy groups -OCH3 is 1. The van der Waals surface area contributed by atoms with Crippen LogP contribution in [-0.2, 0) is 26.4 Å². The highest BCUT2D eigenvalue weighted by Gasteiger charge is 2.48. The molecule has 0 saturated heterocycles. The highest BCUT2D eigenvalue weighted by atomic mass is 28.4. The highest BCUT2D eigenvalue weighted by Crippen LogP contribution is 2.49. The van der Waals surface area contributed by atoms with E-state index in [1.165, 1.54) is 12.1 Å². The lowest BCUT2D eigenvalue weighted by molar-refractivity contribution is 0.414. The van der Waals surface area contributed by atoms with Gasteiger partial charge in [-0.1, -0.05) is 70.9 Å². The molecule has 50 heavy (non-hydrogen) atoms. The first-order valence-corrected chi connectivity index (χ1v) is 19.3. The molecule has 3 heterocycles. The lowest BCUT2D eigenvalue weighted by Gasteiger charge is -2.42. The van der Waals surface area contributed by atoms with Gasteiger partial charge in [-0.2, -0.15) is 0 Å². The van der Waals surface area contributed by atoms with E-state index in [9.17, 15) is 9.50 Å². The number of anilines is 1. The Morgan fingerprint density at radius 2 is 1.54 bits per heavy atom. The Kier molecular flexibility index (Phi) is 9.88. The molecule has 0 bridgehead atoms. The van der Waals surface area contributed by atoms with Crippen LogP contribution in [0.4, 0.5) is 10.4 Å². The van der Waals surface area contributed by atoms with Gasteiger partial charge < -0.3 is 28.6 Å². The van der Waals surface area contributed by atoms with Crippen molar-refractivity contribution in [3.05, 3.63) is 101 Å². The molecule has 0 unspecified atom stereocenters. The Hall–Kier alpha value is -4.90. The van der Waals surface area contributed by atoms with Crippen LogP contribution in [0.2, 0.25) is 16.6 Å². The summed E-state index contributed by atoms with van der Waals surface area (Å²) in [6.07, 6.45) is 4.66. The molecule has 0 aliphatic carbocycles. The van der Waals surface area contributed by atoms with Crippen molar-refractivity contribution in [2.45, 2.75) is 77.6 Å². The number of hydrogen-bond acceptors (Lipinski definition) is 8. The molecule has 0 radical (unpaired) electrons. The van der Waals surface area contributed by atoms with E-state index in [1.807, 2.05) is 43.7 Å². The van der Waals surface area contributed by atoms with Crippen molar-refractivity contribution < 1.29 is 23.1 Å². The first-order valence-electron chi connectivity index (χ1n) is 17.1. The maximum Gasteiger partial charge on any atom is 0.315 e. The van der Waals surface area contributed by atoms with Crippen LogP contribution in [0.1, 0.15) is 69.7 Å². The molecule has 3 aromatic carbocycles. The molecule has 0 aliphatic rings. The zero-order chi connectivity index (χ0) is 35.7. The van der Waals surface area contributed by atoms with Crippen LogP contribution in [0, 0.1) is 5.82 Å². The van der Waals surface area contributed by atoms with Crippen LogP contribution in [0.25, 0.3) is 21.7 Å². The summed E-state index contributed by atoms with van der Waals surface area (Å²) in [6, 6.07) is 16.7. The number of aromatic hydroxyl groups is 1. The number of aryl methyl sites for hydroxylation is 1. The van der Waals surface area contributed by atoms with Gasteiger partial charge in [0.1, 0.15) is 22.8 Å². The van der Waals surface area contributed by atoms with Crippen molar-refractivity contribution in [1.82, 2.24) is 19.7 Å². The van der Waals surface area contributed by atoms with Gasteiger partial charge in [-0.05, 0) is 75.6 Å². The summed E-state index contributed by atoms with van der Waals surface area (Å²) in [7, 11) is 0.988. The van der Waals surface area contributed by atoms with E-state index in [2.05, 4.69) is 63.1 Å². The highest BCUT2D eigenvalue weighted by molar-refractivity contribution is 6.78. The summed E-state index contributed by atoms with van der Waals surface area (Å²) < 4.78 is 34.2. The fourth-order valence-electron chi connectivity index (χ4n) is 7.47. The van der Waals surface area contributed by atoms with Gasteiger partial charge >= 0.3 is 6.01 Å². The monoisotopic (exact) mass is 695 g/mol. The lowest BCUT2D eigenvalue weighted by atomic mass is 9.96. The van der Waals surface area contributed by atoms with Gasteiger partial charge in [-0.15, -0.1) is 5.10 Å². The number of nitrogens with zero attached hydrogens (tertiary/aromatic N) is 4. The Labute approximate surface area is 293 Å². The third-order valence-corrected chi connectivity index (χ3v) is 15.9. The van der Waals surface area contributed by atoms with Gasteiger partial charge in [-0.3, -0.25) is 4.98 Å². The molecule has 262 valence electrons. The number of benzene rings is 3. The third-order valence-electron chi connectivity index (χ3n) is 9.89. The zero-order valence-electron chi connectivity index (χ0n) is 30.0. The van der Waals surface area contributed by atoms with Gasteiger partial charge in [0, 0.05) is 36.8 Å². The first kappa shape index (κ1) is 34.9. The summed E-state index contributed by atoms with van der Waals surface area (Å²) in [5.74, 6) is 1.66. The van der Waals surface area contributed by atoms with E-state index < -0.39 is 8.32 Å². The Balaban J connectivity index is 1.47. The molecule has 9 nitrogen and oxygen atoms in total. The van der Waals surface area contributed by atoms with E-state index in [1.54, 1.807) is 23.8 Å². The molecule has 6 aromatic rings. The van der Waals surface area contributed by atoms with E-state index in [0.717, 1.165) is 38.8 Å². The second-order valence-corrected chi connectivity index (χ2v) is 19.4. The van der Waals surface area contributed by atoms with Gasteiger partial charge in [-0.25, -0.2) is 4.39 Å². The standard InChI is InChI=1S/C39H46FN5O4Si/c1-23(2)50(24(3)4,25(5)6)49-37-35-33(22-45(7)38(35)46)31(32-18-28(21-41-36(32)37)17-26-9-13-29(40)14-10-26)19-34-43-44-39(48-34)42-20-27-11-15-30(47-8)16-12-27/h9-16,18,21-25,46H,17,19-20H2,1-8H3,(H,42,44). The molecule has 0 spiro atoms. The molecule has 6 rings (SSSR count). The summed E-state index contributed by atoms with van der Waals surface area (Å²) in [4.78, 5) is 5.06. The van der Waals surface area contributed by atoms with Gasteiger partial charge in [0.25, 0.3) is 8.32 Å². The SMILES string of the molecule is COc1ccc(CNc2nnc(Cc3c4cc(Cc5ccc(F)cc5)cnc4c(O[Si](C(C)C)(C(C)C)C(C)C)c4c(O)n(C)cc34)o2)cc1. The third kappa shape index (κ3) is 6.66. The summed E-state index contributed by atoms with van der Waals surface area (Å²) >= 11 is 0. The van der Waals surface area contributed by atoms with E-state index in [-0.39, 0.29) is 11.7 Å². The number of aromatic nitrogens is 4. The summed E-state index contributed by atoms with van der Waals surface area (Å²) in [5.41, 5.74) is 5.45. The van der Waals surface area contributed by atoms with E-state index in [4.69, 9.17) is 18.6 Å². The molecule has 11 heteroatoms. The molecular weight excluding hydrogens is 650 g/mol. The predicted molar refractivity (Wildman–Crippen MR) is 198 cm³/mol. The van der Waals surface area contributed by atoms with Crippen LogP contribution in [0.3, 0.4) is 0 Å². The van der Waals surface area contributed by atoms with Crippen molar-refractivity contribution in [2.24, 2.45) is 7.05 Å². The molecule has 0 saturated carbocycles. The topological polar surface area (TPSA) is 107 Å². The molecule has 3 aromatic heterocycles. The Morgan fingerprint density at radius 3 is 2.18 bits per heavy atom. The molecule has 0 amide bonds. The minimum absolute atomic E-state index is 0.113. The van der Waals surface area contributed by atoms with Crippen molar-refractivity contribution in [2.75, 3.05) is 12.4 Å².